The first-order chi connectivity index (χ1) is 6.33. The van der Waals surface area contributed by atoms with Crippen molar-refractivity contribution in [3.8, 4) is 5.75 Å². The van der Waals surface area contributed by atoms with Crippen molar-refractivity contribution in [1.29, 1.82) is 0 Å². The van der Waals surface area contributed by atoms with E-state index in [1.165, 1.54) is 0 Å². The minimum atomic E-state index is 0.619. The molecule has 1 aromatic heterocycles. The SMILES string of the molecule is CCOc1ccc2occc2c1N. The molecule has 0 spiro atoms. The van der Waals surface area contributed by atoms with Crippen molar-refractivity contribution in [2.45, 2.75) is 6.92 Å². The van der Waals surface area contributed by atoms with Crippen LogP contribution in [0.5, 0.6) is 5.75 Å². The zero-order chi connectivity index (χ0) is 9.26. The predicted molar refractivity (Wildman–Crippen MR) is 51.8 cm³/mol. The monoisotopic (exact) mass is 177 g/mol. The molecule has 68 valence electrons. The minimum absolute atomic E-state index is 0.619. The number of fused-ring (bicyclic) bond motifs is 1. The highest BCUT2D eigenvalue weighted by molar-refractivity contribution is 5.92. The lowest BCUT2D eigenvalue weighted by molar-refractivity contribution is 0.342. The van der Waals surface area contributed by atoms with Crippen LogP contribution in [0.15, 0.2) is 28.9 Å². The van der Waals surface area contributed by atoms with Crippen LogP contribution in [0.1, 0.15) is 6.92 Å². The van der Waals surface area contributed by atoms with Crippen molar-refractivity contribution in [2.24, 2.45) is 0 Å². The Morgan fingerprint density at radius 1 is 1.38 bits per heavy atom. The summed E-state index contributed by atoms with van der Waals surface area (Å²) in [7, 11) is 0. The molecule has 3 heteroatoms. The van der Waals surface area contributed by atoms with E-state index in [0.29, 0.717) is 12.3 Å². The van der Waals surface area contributed by atoms with Crippen molar-refractivity contribution in [1.82, 2.24) is 0 Å². The number of nitrogen functional groups attached to an aromatic ring is 1. The number of nitrogens with two attached hydrogens (primary N) is 1. The fourth-order valence-corrected chi connectivity index (χ4v) is 1.33. The summed E-state index contributed by atoms with van der Waals surface area (Å²) in [4.78, 5) is 0. The third-order valence-corrected chi connectivity index (χ3v) is 1.94. The Balaban J connectivity index is 2.59. The second kappa shape index (κ2) is 3.01. The molecule has 0 aliphatic heterocycles. The Kier molecular flexibility index (Phi) is 1.85. The largest absolute Gasteiger partial charge is 0.492 e. The van der Waals surface area contributed by atoms with Gasteiger partial charge in [0.05, 0.1) is 18.6 Å². The van der Waals surface area contributed by atoms with E-state index in [4.69, 9.17) is 14.9 Å². The molecule has 2 aromatic rings. The Labute approximate surface area is 76.1 Å². The number of hydrogen-bond acceptors (Lipinski definition) is 3. The molecule has 13 heavy (non-hydrogen) atoms. The van der Waals surface area contributed by atoms with Crippen LogP contribution >= 0.6 is 0 Å². The van der Waals surface area contributed by atoms with E-state index < -0.39 is 0 Å². The molecule has 3 nitrogen and oxygen atoms in total. The molecule has 2 rings (SSSR count). The molecule has 0 atom stereocenters. The van der Waals surface area contributed by atoms with Crippen molar-refractivity contribution < 1.29 is 9.15 Å². The molecule has 0 aliphatic rings. The maximum atomic E-state index is 5.86. The first-order valence-electron chi connectivity index (χ1n) is 4.21. The first-order valence-corrected chi connectivity index (χ1v) is 4.21. The Morgan fingerprint density at radius 2 is 2.23 bits per heavy atom. The lowest BCUT2D eigenvalue weighted by Gasteiger charge is -2.06. The molecule has 0 unspecified atom stereocenters. The molecule has 0 saturated heterocycles. The molecular weight excluding hydrogens is 166 g/mol. The van der Waals surface area contributed by atoms with Crippen molar-refractivity contribution in [2.75, 3.05) is 12.3 Å². The van der Waals surface area contributed by atoms with E-state index in [-0.39, 0.29) is 0 Å². The smallest absolute Gasteiger partial charge is 0.143 e. The third-order valence-electron chi connectivity index (χ3n) is 1.94. The number of ether oxygens (including phenoxy) is 1. The van der Waals surface area contributed by atoms with Gasteiger partial charge in [-0.2, -0.15) is 0 Å². The molecule has 0 radical (unpaired) electrons. The number of rotatable bonds is 2. The van der Waals surface area contributed by atoms with Gasteiger partial charge in [0.2, 0.25) is 0 Å². The summed E-state index contributed by atoms with van der Waals surface area (Å²) in [6.07, 6.45) is 1.62. The van der Waals surface area contributed by atoms with Crippen molar-refractivity contribution in [3.05, 3.63) is 24.5 Å². The van der Waals surface area contributed by atoms with Crippen LogP contribution in [-0.2, 0) is 0 Å². The Morgan fingerprint density at radius 3 is 3.00 bits per heavy atom. The lowest BCUT2D eigenvalue weighted by atomic mass is 10.2. The van der Waals surface area contributed by atoms with Gasteiger partial charge in [0, 0.05) is 5.39 Å². The lowest BCUT2D eigenvalue weighted by Crippen LogP contribution is -1.96. The molecule has 1 aromatic carbocycles. The van der Waals surface area contributed by atoms with Gasteiger partial charge in [-0.3, -0.25) is 0 Å². The molecule has 1 heterocycles. The molecule has 0 bridgehead atoms. The summed E-state index contributed by atoms with van der Waals surface area (Å²) in [6.45, 7) is 2.55. The molecule has 0 saturated carbocycles. The van der Waals surface area contributed by atoms with Crippen LogP contribution in [0.4, 0.5) is 5.69 Å². The van der Waals surface area contributed by atoms with E-state index in [0.717, 1.165) is 16.7 Å². The highest BCUT2D eigenvalue weighted by atomic mass is 16.5. The summed E-state index contributed by atoms with van der Waals surface area (Å²) in [6, 6.07) is 5.52. The van der Waals surface area contributed by atoms with Crippen LogP contribution in [0.25, 0.3) is 11.0 Å². The van der Waals surface area contributed by atoms with E-state index >= 15 is 0 Å². The fraction of sp³-hybridized carbons (Fsp3) is 0.200. The first kappa shape index (κ1) is 7.98. The second-order valence-corrected chi connectivity index (χ2v) is 2.74. The number of hydrogen-bond donors (Lipinski definition) is 1. The summed E-state index contributed by atoms with van der Waals surface area (Å²) >= 11 is 0. The van der Waals surface area contributed by atoms with Crippen LogP contribution in [0.3, 0.4) is 0 Å². The highest BCUT2D eigenvalue weighted by Crippen LogP contribution is 2.30. The average Bonchev–Trinajstić information content (AvgIpc) is 2.58. The van der Waals surface area contributed by atoms with Gasteiger partial charge in [0.15, 0.2) is 0 Å². The highest BCUT2D eigenvalue weighted by Gasteiger charge is 2.06. The van der Waals surface area contributed by atoms with E-state index in [9.17, 15) is 0 Å². The van der Waals surface area contributed by atoms with Gasteiger partial charge >= 0.3 is 0 Å². The van der Waals surface area contributed by atoms with Crippen LogP contribution in [0.2, 0.25) is 0 Å². The van der Waals surface area contributed by atoms with Crippen molar-refractivity contribution >= 4 is 16.7 Å². The van der Waals surface area contributed by atoms with Gasteiger partial charge in [0.1, 0.15) is 11.3 Å². The third kappa shape index (κ3) is 1.22. The average molecular weight is 177 g/mol. The standard InChI is InChI=1S/C10H11NO2/c1-2-12-9-4-3-8-7(10(9)11)5-6-13-8/h3-6H,2,11H2,1H3. The van der Waals surface area contributed by atoms with Gasteiger partial charge in [-0.15, -0.1) is 0 Å². The predicted octanol–water partition coefficient (Wildman–Crippen LogP) is 2.41. The van der Waals surface area contributed by atoms with E-state index in [2.05, 4.69) is 0 Å². The van der Waals surface area contributed by atoms with Crippen LogP contribution in [-0.4, -0.2) is 6.61 Å². The van der Waals surface area contributed by atoms with Gasteiger partial charge in [-0.25, -0.2) is 0 Å². The topological polar surface area (TPSA) is 48.4 Å². The number of furan rings is 1. The maximum absolute atomic E-state index is 5.86. The molecule has 0 amide bonds. The molecule has 0 aliphatic carbocycles. The van der Waals surface area contributed by atoms with Gasteiger partial charge in [0.25, 0.3) is 0 Å². The van der Waals surface area contributed by atoms with Gasteiger partial charge in [-0.1, -0.05) is 0 Å². The number of benzene rings is 1. The Bertz CT molecular complexity index is 420. The quantitative estimate of drug-likeness (QED) is 0.716. The Hall–Kier alpha value is -1.64. The van der Waals surface area contributed by atoms with Gasteiger partial charge in [-0.05, 0) is 25.1 Å². The second-order valence-electron chi connectivity index (χ2n) is 2.74. The normalized spacial score (nSPS) is 10.5. The molecule has 0 fully saturated rings. The maximum Gasteiger partial charge on any atom is 0.143 e. The zero-order valence-electron chi connectivity index (χ0n) is 7.41. The summed E-state index contributed by atoms with van der Waals surface area (Å²) in [5.41, 5.74) is 7.30. The summed E-state index contributed by atoms with van der Waals surface area (Å²) < 4.78 is 10.5. The minimum Gasteiger partial charge on any atom is -0.492 e. The van der Waals surface area contributed by atoms with E-state index in [1.807, 2.05) is 25.1 Å². The van der Waals surface area contributed by atoms with Gasteiger partial charge < -0.3 is 14.9 Å². The zero-order valence-corrected chi connectivity index (χ0v) is 7.41. The number of anilines is 1. The molecule has 2 N–H and O–H groups in total. The van der Waals surface area contributed by atoms with E-state index in [1.54, 1.807) is 6.26 Å². The van der Waals surface area contributed by atoms with Crippen molar-refractivity contribution in [3.63, 3.8) is 0 Å². The van der Waals surface area contributed by atoms with Crippen LogP contribution in [0, 0.1) is 0 Å². The van der Waals surface area contributed by atoms with Crippen LogP contribution < -0.4 is 10.5 Å². The fourth-order valence-electron chi connectivity index (χ4n) is 1.33. The summed E-state index contributed by atoms with van der Waals surface area (Å²) in [5.74, 6) is 0.719. The summed E-state index contributed by atoms with van der Waals surface area (Å²) in [5, 5.41) is 0.908. The molecular formula is C10H11NO2.